The summed E-state index contributed by atoms with van der Waals surface area (Å²) in [4.78, 5) is 83.3. The third-order valence-corrected chi connectivity index (χ3v) is 12.3. The minimum atomic E-state index is -1.03. The quantitative estimate of drug-likeness (QED) is 0.0544. The predicted molar refractivity (Wildman–Crippen MR) is 215 cm³/mol. The topological polar surface area (TPSA) is 179 Å². The molecule has 5 heterocycles. The number of methoxy groups -OCH3 is 1. The van der Waals surface area contributed by atoms with Crippen LogP contribution in [0.4, 0.5) is 0 Å². The highest BCUT2D eigenvalue weighted by Gasteiger charge is 2.46. The van der Waals surface area contributed by atoms with Gasteiger partial charge in [-0.3, -0.25) is 48.5 Å². The Bertz CT molecular complexity index is 2330. The molecule has 302 valence electrons. The van der Waals surface area contributed by atoms with E-state index in [1.54, 1.807) is 30.3 Å². The fourth-order valence-electron chi connectivity index (χ4n) is 7.70. The van der Waals surface area contributed by atoms with Gasteiger partial charge in [0, 0.05) is 29.0 Å². The Labute approximate surface area is 344 Å². The first-order valence-corrected chi connectivity index (χ1v) is 20.6. The van der Waals surface area contributed by atoms with E-state index in [0.717, 1.165) is 71.5 Å². The maximum Gasteiger partial charge on any atom is 0.308 e. The Morgan fingerprint density at radius 2 is 1.64 bits per heavy atom. The SMILES string of the molecule is COC(=O)C[C@@H]1N=C(c2ccc(Cl)cc2)c2c(sc(C(=O)CCCCCCCCCOc3cccc4c3C(=O)N(C3CCC(=O)NC3=O)C4=O)c2C)-n2c(C)nnc21. The van der Waals surface area contributed by atoms with Crippen molar-refractivity contribution >= 4 is 64.0 Å². The first-order valence-electron chi connectivity index (χ1n) is 19.5. The number of ether oxygens (including phenoxy) is 2. The van der Waals surface area contributed by atoms with Crippen LogP contribution >= 0.6 is 22.9 Å². The number of nitrogens with one attached hydrogen (secondary N) is 1. The highest BCUT2D eigenvalue weighted by Crippen LogP contribution is 2.41. The van der Waals surface area contributed by atoms with Gasteiger partial charge in [-0.05, 0) is 62.9 Å². The van der Waals surface area contributed by atoms with Crippen molar-refractivity contribution in [2.45, 2.75) is 96.6 Å². The summed E-state index contributed by atoms with van der Waals surface area (Å²) >= 11 is 7.63. The molecule has 1 fully saturated rings. The van der Waals surface area contributed by atoms with Gasteiger partial charge in [0.2, 0.25) is 11.8 Å². The van der Waals surface area contributed by atoms with Crippen molar-refractivity contribution in [1.29, 1.82) is 0 Å². The molecule has 14 nitrogen and oxygen atoms in total. The number of imide groups is 2. The van der Waals surface area contributed by atoms with Gasteiger partial charge < -0.3 is 9.47 Å². The Morgan fingerprint density at radius 3 is 2.36 bits per heavy atom. The number of esters is 1. The third-order valence-electron chi connectivity index (χ3n) is 10.7. The Kier molecular flexibility index (Phi) is 12.3. The zero-order valence-corrected chi connectivity index (χ0v) is 34.0. The summed E-state index contributed by atoms with van der Waals surface area (Å²) in [5, 5.41) is 12.3. The monoisotopic (exact) mass is 826 g/mol. The molecule has 1 N–H and O–H groups in total. The second-order valence-corrected chi connectivity index (χ2v) is 16.0. The number of ketones is 1. The number of fused-ring (bicyclic) bond motifs is 4. The molecule has 1 saturated heterocycles. The van der Waals surface area contributed by atoms with Gasteiger partial charge in [-0.2, -0.15) is 0 Å². The van der Waals surface area contributed by atoms with Crippen LogP contribution in [0, 0.1) is 13.8 Å². The number of hydrogen-bond donors (Lipinski definition) is 1. The first kappa shape index (κ1) is 40.6. The Morgan fingerprint density at radius 1 is 0.914 bits per heavy atom. The molecule has 0 saturated carbocycles. The standard InChI is InChI=1S/C42H43ClN6O8S/c1-23-34-36(25-15-17-26(43)18-16-25)44-28(22-33(52)56-3)38-47-46-24(2)48(38)42(34)58-37(23)30(50)13-9-7-5-4-6-8-10-21-57-31-14-11-12-27-35(31)41(55)49(40(27)54)29-19-20-32(51)45-39(29)53/h11-12,14-18,28-29H,4-10,13,19-22H2,1-3H3,(H,45,51,53)/t28-,29?/m0/s1. The van der Waals surface area contributed by atoms with Gasteiger partial charge >= 0.3 is 5.97 Å². The second-order valence-electron chi connectivity index (χ2n) is 14.6. The van der Waals surface area contributed by atoms with Crippen molar-refractivity contribution in [2.24, 2.45) is 4.99 Å². The van der Waals surface area contributed by atoms with Crippen LogP contribution < -0.4 is 10.1 Å². The van der Waals surface area contributed by atoms with Crippen molar-refractivity contribution in [3.05, 3.63) is 91.8 Å². The summed E-state index contributed by atoms with van der Waals surface area (Å²) in [6, 6.07) is 10.5. The zero-order chi connectivity index (χ0) is 41.1. The molecule has 16 heteroatoms. The van der Waals surface area contributed by atoms with E-state index in [4.69, 9.17) is 26.1 Å². The van der Waals surface area contributed by atoms with E-state index >= 15 is 0 Å². The van der Waals surface area contributed by atoms with Gasteiger partial charge in [0.25, 0.3) is 11.8 Å². The van der Waals surface area contributed by atoms with E-state index < -0.39 is 41.7 Å². The van der Waals surface area contributed by atoms with E-state index in [0.29, 0.717) is 46.0 Å². The van der Waals surface area contributed by atoms with Crippen molar-refractivity contribution in [3.63, 3.8) is 0 Å². The number of Topliss-reactive ketones (excluding diaryl/α,β-unsaturated/α-hetero) is 1. The van der Waals surface area contributed by atoms with Gasteiger partial charge in [-0.15, -0.1) is 21.5 Å². The highest BCUT2D eigenvalue weighted by atomic mass is 35.5. The highest BCUT2D eigenvalue weighted by molar-refractivity contribution is 7.17. The summed E-state index contributed by atoms with van der Waals surface area (Å²) < 4.78 is 12.8. The fraction of sp³-hybridized carbons (Fsp3) is 0.405. The maximum absolute atomic E-state index is 13.8. The molecule has 0 bridgehead atoms. The Hall–Kier alpha value is -5.54. The molecule has 2 aromatic heterocycles. The van der Waals surface area contributed by atoms with Gasteiger partial charge in [-0.1, -0.05) is 61.9 Å². The molecule has 0 aliphatic carbocycles. The summed E-state index contributed by atoms with van der Waals surface area (Å²) in [7, 11) is 1.34. The number of piperidine rings is 1. The van der Waals surface area contributed by atoms with Crippen LogP contribution in [-0.4, -0.2) is 80.5 Å². The molecule has 58 heavy (non-hydrogen) atoms. The lowest BCUT2D eigenvalue weighted by Gasteiger charge is -2.27. The molecule has 4 amide bonds. The summed E-state index contributed by atoms with van der Waals surface area (Å²) in [5.41, 5.74) is 3.42. The second kappa shape index (κ2) is 17.5. The van der Waals surface area contributed by atoms with E-state index in [1.807, 2.05) is 30.5 Å². The molecule has 0 spiro atoms. The summed E-state index contributed by atoms with van der Waals surface area (Å²) in [6.07, 6.45) is 6.81. The molecule has 4 aromatic rings. The first-order chi connectivity index (χ1) is 28.0. The number of rotatable bonds is 16. The number of thiophene rings is 1. The number of carbonyl (C=O) groups is 6. The minimum Gasteiger partial charge on any atom is -0.493 e. The maximum atomic E-state index is 13.8. The van der Waals surface area contributed by atoms with E-state index in [2.05, 4.69) is 15.5 Å². The van der Waals surface area contributed by atoms with E-state index in [9.17, 15) is 28.8 Å². The smallest absolute Gasteiger partial charge is 0.308 e. The Balaban J connectivity index is 0.907. The number of amides is 4. The van der Waals surface area contributed by atoms with Gasteiger partial charge in [0.1, 0.15) is 28.7 Å². The van der Waals surface area contributed by atoms with Crippen LogP contribution in [0.25, 0.3) is 5.00 Å². The number of aromatic nitrogens is 3. The number of hydrogen-bond acceptors (Lipinski definition) is 12. The normalized spacial score (nSPS) is 17.3. The van der Waals surface area contributed by atoms with Crippen molar-refractivity contribution in [3.8, 4) is 10.8 Å². The molecule has 1 unspecified atom stereocenters. The largest absolute Gasteiger partial charge is 0.493 e. The number of halogens is 1. The lowest BCUT2D eigenvalue weighted by atomic mass is 9.98. The van der Waals surface area contributed by atoms with Crippen LogP contribution in [0.1, 0.15) is 135 Å². The number of aryl methyl sites for hydroxylation is 1. The van der Waals surface area contributed by atoms with Crippen LogP contribution in [-0.2, 0) is 19.1 Å². The molecule has 3 aliphatic rings. The van der Waals surface area contributed by atoms with Crippen molar-refractivity contribution in [1.82, 2.24) is 25.0 Å². The third kappa shape index (κ3) is 8.10. The molecular weight excluding hydrogens is 784 g/mol. The number of carbonyl (C=O) groups excluding carboxylic acids is 6. The fourth-order valence-corrected chi connectivity index (χ4v) is 9.16. The summed E-state index contributed by atoms with van der Waals surface area (Å²) in [6.45, 7) is 4.14. The zero-order valence-electron chi connectivity index (χ0n) is 32.5. The molecule has 3 aliphatic heterocycles. The number of unbranched alkanes of at least 4 members (excludes halogenated alkanes) is 6. The van der Waals surface area contributed by atoms with Crippen LogP contribution in [0.15, 0.2) is 47.5 Å². The van der Waals surface area contributed by atoms with Gasteiger partial charge in [0.05, 0.1) is 41.9 Å². The van der Waals surface area contributed by atoms with Crippen LogP contribution in [0.5, 0.6) is 5.75 Å². The lowest BCUT2D eigenvalue weighted by molar-refractivity contribution is -0.141. The van der Waals surface area contributed by atoms with Gasteiger partial charge in [-0.25, -0.2) is 0 Å². The number of nitrogens with zero attached hydrogens (tertiary/aromatic N) is 5. The minimum absolute atomic E-state index is 0.0193. The predicted octanol–water partition coefficient (Wildman–Crippen LogP) is 6.84. The molecule has 2 aromatic carbocycles. The molecular formula is C42H43ClN6O8S. The van der Waals surface area contributed by atoms with Crippen LogP contribution in [0.3, 0.4) is 0 Å². The molecule has 2 atom stereocenters. The average Bonchev–Trinajstić information content (AvgIpc) is 3.80. The number of benzene rings is 2. The van der Waals surface area contributed by atoms with E-state index in [1.165, 1.54) is 18.4 Å². The number of aliphatic imine (C=N–C) groups is 1. The summed E-state index contributed by atoms with van der Waals surface area (Å²) in [5.74, 6) is -1.14. The van der Waals surface area contributed by atoms with Crippen molar-refractivity contribution in [2.75, 3.05) is 13.7 Å². The van der Waals surface area contributed by atoms with Crippen molar-refractivity contribution < 1.29 is 38.2 Å². The van der Waals surface area contributed by atoms with Crippen LogP contribution in [0.2, 0.25) is 5.02 Å². The van der Waals surface area contributed by atoms with E-state index in [-0.39, 0.29) is 36.2 Å². The van der Waals surface area contributed by atoms with Gasteiger partial charge in [0.15, 0.2) is 11.6 Å². The average molecular weight is 827 g/mol. The molecule has 0 radical (unpaired) electrons. The lowest BCUT2D eigenvalue weighted by Crippen LogP contribution is -2.54. The molecule has 7 rings (SSSR count).